The minimum atomic E-state index is -0.00218. The molecule has 104 valence electrons. The normalized spacial score (nSPS) is 21.1. The number of hydrogen-bond donors (Lipinski definition) is 2. The molecule has 0 saturated heterocycles. The zero-order valence-corrected chi connectivity index (χ0v) is 11.4. The van der Waals surface area contributed by atoms with Crippen molar-refractivity contribution in [3.63, 3.8) is 0 Å². The van der Waals surface area contributed by atoms with Gasteiger partial charge in [-0.1, -0.05) is 19.1 Å². The molecule has 2 atom stereocenters. The summed E-state index contributed by atoms with van der Waals surface area (Å²) >= 11 is 0. The van der Waals surface area contributed by atoms with Crippen molar-refractivity contribution < 1.29 is 14.9 Å². The van der Waals surface area contributed by atoms with Crippen molar-refractivity contribution >= 4 is 0 Å². The van der Waals surface area contributed by atoms with E-state index in [1.165, 1.54) is 0 Å². The van der Waals surface area contributed by atoms with Crippen LogP contribution in [-0.4, -0.2) is 10.2 Å². The molecule has 2 aromatic carbocycles. The summed E-state index contributed by atoms with van der Waals surface area (Å²) in [7, 11) is 0. The second kappa shape index (κ2) is 5.08. The fourth-order valence-electron chi connectivity index (χ4n) is 2.83. The van der Waals surface area contributed by atoms with Gasteiger partial charge in [0.05, 0.1) is 0 Å². The summed E-state index contributed by atoms with van der Waals surface area (Å²) < 4.78 is 6.12. The number of hydrogen-bond acceptors (Lipinski definition) is 3. The van der Waals surface area contributed by atoms with Crippen molar-refractivity contribution in [2.24, 2.45) is 5.92 Å². The van der Waals surface area contributed by atoms with Crippen LogP contribution in [0.4, 0.5) is 0 Å². The maximum Gasteiger partial charge on any atom is 0.127 e. The second-order valence-electron chi connectivity index (χ2n) is 5.29. The predicted molar refractivity (Wildman–Crippen MR) is 77.1 cm³/mol. The fraction of sp³-hybridized carbons (Fsp3) is 0.294. The van der Waals surface area contributed by atoms with Gasteiger partial charge in [0.2, 0.25) is 0 Å². The first-order valence-electron chi connectivity index (χ1n) is 6.95. The maximum atomic E-state index is 9.58. The Bertz CT molecular complexity index is 604. The Morgan fingerprint density at radius 3 is 2.45 bits per heavy atom. The first-order valence-corrected chi connectivity index (χ1v) is 6.95. The highest BCUT2D eigenvalue weighted by Crippen LogP contribution is 2.41. The molecule has 20 heavy (non-hydrogen) atoms. The molecule has 0 aromatic heterocycles. The van der Waals surface area contributed by atoms with E-state index in [0.29, 0.717) is 5.92 Å². The van der Waals surface area contributed by atoms with Gasteiger partial charge in [0.25, 0.3) is 0 Å². The van der Waals surface area contributed by atoms with E-state index in [1.807, 2.05) is 18.2 Å². The van der Waals surface area contributed by atoms with Crippen molar-refractivity contribution in [1.82, 2.24) is 0 Å². The SMILES string of the molecule is CCC1Cc2cc(O)ccc2OC1c1ccc(O)cc1. The van der Waals surface area contributed by atoms with E-state index >= 15 is 0 Å². The predicted octanol–water partition coefficient (Wildman–Crippen LogP) is 3.80. The number of rotatable bonds is 2. The monoisotopic (exact) mass is 270 g/mol. The van der Waals surface area contributed by atoms with Gasteiger partial charge in [-0.25, -0.2) is 0 Å². The van der Waals surface area contributed by atoms with Crippen LogP contribution in [0.15, 0.2) is 42.5 Å². The third kappa shape index (κ3) is 2.31. The van der Waals surface area contributed by atoms with E-state index in [9.17, 15) is 10.2 Å². The van der Waals surface area contributed by atoms with Gasteiger partial charge >= 0.3 is 0 Å². The van der Waals surface area contributed by atoms with Gasteiger partial charge in [0.15, 0.2) is 0 Å². The highest BCUT2D eigenvalue weighted by Gasteiger charge is 2.30. The Morgan fingerprint density at radius 2 is 1.75 bits per heavy atom. The molecule has 1 aliphatic heterocycles. The smallest absolute Gasteiger partial charge is 0.127 e. The lowest BCUT2D eigenvalue weighted by Crippen LogP contribution is -2.25. The van der Waals surface area contributed by atoms with Crippen molar-refractivity contribution in [2.45, 2.75) is 25.9 Å². The topological polar surface area (TPSA) is 49.7 Å². The zero-order valence-electron chi connectivity index (χ0n) is 11.4. The fourth-order valence-corrected chi connectivity index (χ4v) is 2.83. The quantitative estimate of drug-likeness (QED) is 0.872. The minimum absolute atomic E-state index is 0.00218. The lowest BCUT2D eigenvalue weighted by Gasteiger charge is -2.33. The van der Waals surface area contributed by atoms with E-state index in [1.54, 1.807) is 24.3 Å². The molecular weight excluding hydrogens is 252 g/mol. The summed E-state index contributed by atoms with van der Waals surface area (Å²) in [6.45, 7) is 2.15. The molecule has 3 nitrogen and oxygen atoms in total. The highest BCUT2D eigenvalue weighted by atomic mass is 16.5. The molecule has 2 aromatic rings. The van der Waals surface area contributed by atoms with Gasteiger partial charge in [-0.3, -0.25) is 0 Å². The molecule has 1 aliphatic rings. The number of ether oxygens (including phenoxy) is 1. The molecular formula is C17H18O3. The molecule has 2 N–H and O–H groups in total. The van der Waals surface area contributed by atoms with Crippen molar-refractivity contribution in [3.05, 3.63) is 53.6 Å². The second-order valence-corrected chi connectivity index (χ2v) is 5.29. The molecule has 1 heterocycles. The van der Waals surface area contributed by atoms with Gasteiger partial charge in [-0.2, -0.15) is 0 Å². The molecule has 3 heteroatoms. The van der Waals surface area contributed by atoms with Gasteiger partial charge in [-0.05, 0) is 54.3 Å². The van der Waals surface area contributed by atoms with Crippen LogP contribution in [0.25, 0.3) is 0 Å². The Kier molecular flexibility index (Phi) is 3.26. The third-order valence-electron chi connectivity index (χ3n) is 3.95. The van der Waals surface area contributed by atoms with E-state index in [4.69, 9.17) is 4.74 Å². The first-order chi connectivity index (χ1) is 9.67. The summed E-state index contributed by atoms with van der Waals surface area (Å²) in [6.07, 6.45) is 1.89. The molecule has 2 unspecified atom stereocenters. The largest absolute Gasteiger partial charge is 0.508 e. The third-order valence-corrected chi connectivity index (χ3v) is 3.95. The summed E-state index contributed by atoms with van der Waals surface area (Å²) in [6, 6.07) is 12.5. The van der Waals surface area contributed by atoms with Gasteiger partial charge < -0.3 is 14.9 Å². The van der Waals surface area contributed by atoms with Gasteiger partial charge in [-0.15, -0.1) is 0 Å². The number of aromatic hydroxyl groups is 2. The van der Waals surface area contributed by atoms with Crippen LogP contribution in [0.5, 0.6) is 17.2 Å². The van der Waals surface area contributed by atoms with E-state index < -0.39 is 0 Å². The minimum Gasteiger partial charge on any atom is -0.508 e. The average Bonchev–Trinajstić information content (AvgIpc) is 2.46. The van der Waals surface area contributed by atoms with Crippen LogP contribution >= 0.6 is 0 Å². The maximum absolute atomic E-state index is 9.58. The number of benzene rings is 2. The van der Waals surface area contributed by atoms with Crippen LogP contribution < -0.4 is 4.74 Å². The average molecular weight is 270 g/mol. The lowest BCUT2D eigenvalue weighted by atomic mass is 9.85. The standard InChI is InChI=1S/C17H18O3/c1-2-11-9-13-10-15(19)7-8-16(13)20-17(11)12-3-5-14(18)6-4-12/h3-8,10-11,17-19H,2,9H2,1H3. The molecule has 0 bridgehead atoms. The number of phenols is 2. The van der Waals surface area contributed by atoms with Crippen LogP contribution in [0.3, 0.4) is 0 Å². The van der Waals surface area contributed by atoms with Crippen LogP contribution in [0.2, 0.25) is 0 Å². The number of phenolic OH excluding ortho intramolecular Hbond substituents is 2. The molecule has 0 aliphatic carbocycles. The van der Waals surface area contributed by atoms with Crippen LogP contribution in [0.1, 0.15) is 30.6 Å². The van der Waals surface area contributed by atoms with Gasteiger partial charge in [0, 0.05) is 5.92 Å². The van der Waals surface area contributed by atoms with Gasteiger partial charge in [0.1, 0.15) is 23.4 Å². The first kappa shape index (κ1) is 12.9. The summed E-state index contributed by atoms with van der Waals surface area (Å²) in [4.78, 5) is 0. The van der Waals surface area contributed by atoms with E-state index in [-0.39, 0.29) is 17.6 Å². The Hall–Kier alpha value is -2.16. The molecule has 3 rings (SSSR count). The summed E-state index contributed by atoms with van der Waals surface area (Å²) in [5, 5.41) is 19.0. The molecule has 0 saturated carbocycles. The van der Waals surface area contributed by atoms with Crippen molar-refractivity contribution in [1.29, 1.82) is 0 Å². The molecule has 0 amide bonds. The van der Waals surface area contributed by atoms with E-state index in [2.05, 4.69) is 6.92 Å². The van der Waals surface area contributed by atoms with Crippen LogP contribution in [-0.2, 0) is 6.42 Å². The van der Waals surface area contributed by atoms with Crippen LogP contribution in [0, 0.1) is 5.92 Å². The van der Waals surface area contributed by atoms with Crippen molar-refractivity contribution in [3.8, 4) is 17.2 Å². The Balaban J connectivity index is 1.95. The lowest BCUT2D eigenvalue weighted by molar-refractivity contribution is 0.110. The molecule has 0 fully saturated rings. The Labute approximate surface area is 118 Å². The van der Waals surface area contributed by atoms with Crippen molar-refractivity contribution in [2.75, 3.05) is 0 Å². The summed E-state index contributed by atoms with van der Waals surface area (Å²) in [5.74, 6) is 1.76. The highest BCUT2D eigenvalue weighted by molar-refractivity contribution is 5.42. The molecule has 0 radical (unpaired) electrons. The Morgan fingerprint density at radius 1 is 1.05 bits per heavy atom. The summed E-state index contributed by atoms with van der Waals surface area (Å²) in [5.41, 5.74) is 2.14. The molecule has 0 spiro atoms. The zero-order chi connectivity index (χ0) is 14.1. The number of fused-ring (bicyclic) bond motifs is 1. The van der Waals surface area contributed by atoms with E-state index in [0.717, 1.165) is 29.7 Å².